The van der Waals surface area contributed by atoms with Crippen molar-refractivity contribution in [3.63, 3.8) is 0 Å². The minimum atomic E-state index is -0.468. The van der Waals surface area contributed by atoms with Crippen LogP contribution in [0, 0.1) is 5.92 Å². The summed E-state index contributed by atoms with van der Waals surface area (Å²) in [5, 5.41) is 18.4. The summed E-state index contributed by atoms with van der Waals surface area (Å²) in [5.41, 5.74) is 1.54. The third-order valence-electron chi connectivity index (χ3n) is 4.09. The number of halogens is 1. The van der Waals surface area contributed by atoms with E-state index in [0.29, 0.717) is 5.92 Å². The maximum absolute atomic E-state index is 9.99. The summed E-state index contributed by atoms with van der Waals surface area (Å²) in [6.07, 6.45) is 3.88. The van der Waals surface area contributed by atoms with Gasteiger partial charge in [-0.15, -0.1) is 5.10 Å². The van der Waals surface area contributed by atoms with Gasteiger partial charge in [0.25, 0.3) is 0 Å². The standard InChI is InChI=1S/C14H18BrN3O/c1-14(19)6-4-10(5-7-14)9-18-13-8-11(15)2-3-12(13)16-17-18/h2-3,8,10,19H,4-7,9H2,1H3. The average molecular weight is 324 g/mol. The zero-order chi connectivity index (χ0) is 13.5. The Morgan fingerprint density at radius 1 is 1.42 bits per heavy atom. The maximum atomic E-state index is 9.99. The van der Waals surface area contributed by atoms with Gasteiger partial charge in [0, 0.05) is 11.0 Å². The minimum absolute atomic E-state index is 0.468. The number of hydrogen-bond donors (Lipinski definition) is 1. The first-order chi connectivity index (χ1) is 9.03. The quantitative estimate of drug-likeness (QED) is 0.923. The third-order valence-corrected chi connectivity index (χ3v) is 4.58. The molecule has 1 saturated carbocycles. The van der Waals surface area contributed by atoms with Crippen LogP contribution in [-0.2, 0) is 6.54 Å². The highest BCUT2D eigenvalue weighted by atomic mass is 79.9. The molecule has 0 saturated heterocycles. The summed E-state index contributed by atoms with van der Waals surface area (Å²) in [4.78, 5) is 0. The Balaban J connectivity index is 1.77. The van der Waals surface area contributed by atoms with E-state index in [1.165, 1.54) is 0 Å². The fourth-order valence-corrected chi connectivity index (χ4v) is 3.15. The fourth-order valence-electron chi connectivity index (χ4n) is 2.80. The van der Waals surface area contributed by atoms with Gasteiger partial charge in [-0.2, -0.15) is 0 Å². The van der Waals surface area contributed by atoms with Crippen LogP contribution in [0.4, 0.5) is 0 Å². The average Bonchev–Trinajstić information content (AvgIpc) is 2.75. The molecular weight excluding hydrogens is 306 g/mol. The van der Waals surface area contributed by atoms with Crippen LogP contribution in [0.2, 0.25) is 0 Å². The van der Waals surface area contributed by atoms with Crippen molar-refractivity contribution in [1.29, 1.82) is 0 Å². The van der Waals surface area contributed by atoms with Crippen molar-refractivity contribution in [2.24, 2.45) is 5.92 Å². The topological polar surface area (TPSA) is 50.9 Å². The van der Waals surface area contributed by atoms with Crippen molar-refractivity contribution >= 4 is 27.0 Å². The van der Waals surface area contributed by atoms with E-state index in [2.05, 4.69) is 32.3 Å². The molecule has 4 nitrogen and oxygen atoms in total. The summed E-state index contributed by atoms with van der Waals surface area (Å²) in [7, 11) is 0. The molecule has 3 rings (SSSR count). The van der Waals surface area contributed by atoms with E-state index in [0.717, 1.165) is 47.7 Å². The highest BCUT2D eigenvalue weighted by molar-refractivity contribution is 9.10. The number of aromatic nitrogens is 3. The Labute approximate surface area is 120 Å². The Kier molecular flexibility index (Phi) is 3.35. The first-order valence-electron chi connectivity index (χ1n) is 6.75. The predicted octanol–water partition coefficient (Wildman–Crippen LogP) is 3.14. The number of rotatable bonds is 2. The molecule has 1 aliphatic carbocycles. The van der Waals surface area contributed by atoms with Crippen molar-refractivity contribution < 1.29 is 5.11 Å². The molecule has 19 heavy (non-hydrogen) atoms. The molecule has 0 spiro atoms. The van der Waals surface area contributed by atoms with Crippen molar-refractivity contribution in [2.75, 3.05) is 0 Å². The molecule has 0 radical (unpaired) electrons. The number of aliphatic hydroxyl groups is 1. The number of nitrogens with zero attached hydrogens (tertiary/aromatic N) is 3. The van der Waals surface area contributed by atoms with Gasteiger partial charge in [0.1, 0.15) is 5.52 Å². The van der Waals surface area contributed by atoms with Gasteiger partial charge in [0.2, 0.25) is 0 Å². The van der Waals surface area contributed by atoms with Crippen LogP contribution in [0.1, 0.15) is 32.6 Å². The molecule has 0 aliphatic heterocycles. The van der Waals surface area contributed by atoms with Crippen LogP contribution in [0.15, 0.2) is 22.7 Å². The van der Waals surface area contributed by atoms with E-state index in [9.17, 15) is 5.11 Å². The van der Waals surface area contributed by atoms with Gasteiger partial charge in [-0.1, -0.05) is 21.1 Å². The van der Waals surface area contributed by atoms with Crippen molar-refractivity contribution in [3.8, 4) is 0 Å². The van der Waals surface area contributed by atoms with E-state index >= 15 is 0 Å². The Morgan fingerprint density at radius 3 is 2.89 bits per heavy atom. The molecule has 1 aliphatic rings. The summed E-state index contributed by atoms with van der Waals surface area (Å²) >= 11 is 3.49. The molecule has 0 unspecified atom stereocenters. The smallest absolute Gasteiger partial charge is 0.113 e. The second kappa shape index (κ2) is 4.87. The minimum Gasteiger partial charge on any atom is -0.390 e. The molecule has 1 heterocycles. The van der Waals surface area contributed by atoms with E-state index in [1.54, 1.807) is 0 Å². The van der Waals surface area contributed by atoms with Gasteiger partial charge in [0.05, 0.1) is 11.1 Å². The van der Waals surface area contributed by atoms with E-state index in [1.807, 2.05) is 23.7 Å². The van der Waals surface area contributed by atoms with Gasteiger partial charge in [-0.05, 0) is 56.7 Å². The highest BCUT2D eigenvalue weighted by Crippen LogP contribution is 2.32. The summed E-state index contributed by atoms with van der Waals surface area (Å²) in [5.74, 6) is 0.587. The lowest BCUT2D eigenvalue weighted by Crippen LogP contribution is -2.31. The molecule has 102 valence electrons. The lowest BCUT2D eigenvalue weighted by atomic mass is 9.80. The van der Waals surface area contributed by atoms with Crippen molar-refractivity contribution in [3.05, 3.63) is 22.7 Å². The first kappa shape index (κ1) is 13.1. The Morgan fingerprint density at radius 2 is 2.16 bits per heavy atom. The third kappa shape index (κ3) is 2.82. The Hall–Kier alpha value is -0.940. The summed E-state index contributed by atoms with van der Waals surface area (Å²) in [6.45, 7) is 2.83. The molecule has 0 bridgehead atoms. The second-order valence-electron chi connectivity index (χ2n) is 5.84. The molecule has 0 amide bonds. The maximum Gasteiger partial charge on any atom is 0.113 e. The normalized spacial score (nSPS) is 27.8. The van der Waals surface area contributed by atoms with Gasteiger partial charge in [-0.3, -0.25) is 0 Å². The fraction of sp³-hybridized carbons (Fsp3) is 0.571. The lowest BCUT2D eigenvalue weighted by Gasteiger charge is -2.32. The molecule has 0 atom stereocenters. The number of benzene rings is 1. The molecule has 2 aromatic rings. The molecule has 1 aromatic heterocycles. The van der Waals surface area contributed by atoms with Gasteiger partial charge < -0.3 is 5.11 Å². The zero-order valence-electron chi connectivity index (χ0n) is 11.0. The number of hydrogen-bond acceptors (Lipinski definition) is 3. The molecule has 5 heteroatoms. The Bertz CT molecular complexity index is 583. The molecule has 1 N–H and O–H groups in total. The monoisotopic (exact) mass is 323 g/mol. The largest absolute Gasteiger partial charge is 0.390 e. The van der Waals surface area contributed by atoms with Crippen LogP contribution in [0.25, 0.3) is 11.0 Å². The highest BCUT2D eigenvalue weighted by Gasteiger charge is 2.29. The van der Waals surface area contributed by atoms with E-state index in [-0.39, 0.29) is 0 Å². The van der Waals surface area contributed by atoms with Crippen LogP contribution in [0.5, 0.6) is 0 Å². The van der Waals surface area contributed by atoms with E-state index < -0.39 is 5.60 Å². The van der Waals surface area contributed by atoms with Crippen molar-refractivity contribution in [1.82, 2.24) is 15.0 Å². The van der Waals surface area contributed by atoms with Crippen LogP contribution in [0.3, 0.4) is 0 Å². The van der Waals surface area contributed by atoms with Crippen LogP contribution >= 0.6 is 15.9 Å². The molecule has 1 aromatic carbocycles. The van der Waals surface area contributed by atoms with Gasteiger partial charge >= 0.3 is 0 Å². The van der Waals surface area contributed by atoms with Crippen LogP contribution in [-0.4, -0.2) is 25.7 Å². The summed E-state index contributed by atoms with van der Waals surface area (Å²) < 4.78 is 3.04. The lowest BCUT2D eigenvalue weighted by molar-refractivity contribution is 0.00545. The second-order valence-corrected chi connectivity index (χ2v) is 6.76. The zero-order valence-corrected chi connectivity index (χ0v) is 12.6. The van der Waals surface area contributed by atoms with Gasteiger partial charge in [-0.25, -0.2) is 4.68 Å². The van der Waals surface area contributed by atoms with Crippen LogP contribution < -0.4 is 0 Å². The predicted molar refractivity (Wildman–Crippen MR) is 77.8 cm³/mol. The molecule has 1 fully saturated rings. The van der Waals surface area contributed by atoms with E-state index in [4.69, 9.17) is 0 Å². The molecular formula is C14H18BrN3O. The first-order valence-corrected chi connectivity index (χ1v) is 7.54. The summed E-state index contributed by atoms with van der Waals surface area (Å²) in [6, 6.07) is 6.03. The SMILES string of the molecule is CC1(O)CCC(Cn2nnc3ccc(Br)cc32)CC1. The number of fused-ring (bicyclic) bond motifs is 1. The van der Waals surface area contributed by atoms with Gasteiger partial charge in [0.15, 0.2) is 0 Å². The van der Waals surface area contributed by atoms with Crippen molar-refractivity contribution in [2.45, 2.75) is 44.8 Å².